The summed E-state index contributed by atoms with van der Waals surface area (Å²) in [6.45, 7) is 3.46. The Hall–Kier alpha value is -2.92. The number of pyridine rings is 1. The molecular formula is C21H21NO4. The number of ether oxygens (including phenoxy) is 2. The minimum atomic E-state index is -1.45. The van der Waals surface area contributed by atoms with Crippen molar-refractivity contribution < 1.29 is 14.3 Å². The second kappa shape index (κ2) is 7.14. The van der Waals surface area contributed by atoms with E-state index in [4.69, 9.17) is 9.47 Å². The summed E-state index contributed by atoms with van der Waals surface area (Å²) < 4.78 is 10.4. The van der Waals surface area contributed by atoms with Crippen LogP contribution >= 0.6 is 0 Å². The van der Waals surface area contributed by atoms with Gasteiger partial charge in [0, 0.05) is 12.8 Å². The van der Waals surface area contributed by atoms with Gasteiger partial charge in [-0.05, 0) is 48.4 Å². The van der Waals surface area contributed by atoms with Crippen LogP contribution in [0.2, 0.25) is 0 Å². The van der Waals surface area contributed by atoms with Crippen LogP contribution in [-0.2, 0) is 19.9 Å². The topological polar surface area (TPSA) is 68.4 Å². The Kier molecular flexibility index (Phi) is 4.91. The van der Waals surface area contributed by atoms with Gasteiger partial charge in [-0.15, -0.1) is 0 Å². The first kappa shape index (κ1) is 17.9. The Morgan fingerprint density at radius 1 is 1.08 bits per heavy atom. The van der Waals surface area contributed by atoms with Crippen molar-refractivity contribution in [3.63, 3.8) is 0 Å². The van der Waals surface area contributed by atoms with Crippen LogP contribution in [-0.4, -0.2) is 24.7 Å². The molecule has 3 aromatic rings. The molecular weight excluding hydrogens is 330 g/mol. The summed E-state index contributed by atoms with van der Waals surface area (Å²) in [5.74, 6) is -0.591. The summed E-state index contributed by atoms with van der Waals surface area (Å²) in [5, 5.41) is 2.22. The third-order valence-electron chi connectivity index (χ3n) is 4.56. The monoisotopic (exact) mass is 351 g/mol. The average Bonchev–Trinajstić information content (AvgIpc) is 2.67. The van der Waals surface area contributed by atoms with Gasteiger partial charge in [0.15, 0.2) is 5.60 Å². The number of aromatic amines is 1. The van der Waals surface area contributed by atoms with Crippen LogP contribution in [0, 0.1) is 0 Å². The van der Waals surface area contributed by atoms with Gasteiger partial charge in [-0.2, -0.15) is 0 Å². The fourth-order valence-electron chi connectivity index (χ4n) is 2.95. The van der Waals surface area contributed by atoms with E-state index in [0.717, 1.165) is 16.3 Å². The molecule has 134 valence electrons. The third-order valence-corrected chi connectivity index (χ3v) is 4.56. The molecule has 2 aromatic carbocycles. The van der Waals surface area contributed by atoms with Gasteiger partial charge in [0.05, 0.1) is 12.2 Å². The molecule has 1 heterocycles. The Morgan fingerprint density at radius 2 is 1.81 bits per heavy atom. The van der Waals surface area contributed by atoms with Crippen LogP contribution in [0.4, 0.5) is 0 Å². The van der Waals surface area contributed by atoms with Crippen molar-refractivity contribution in [1.29, 1.82) is 0 Å². The highest BCUT2D eigenvalue weighted by Crippen LogP contribution is 2.26. The van der Waals surface area contributed by atoms with Gasteiger partial charge in [0.25, 0.3) is 5.56 Å². The molecule has 0 radical (unpaired) electrons. The number of aromatic nitrogens is 1. The molecule has 5 heteroatoms. The summed E-state index contributed by atoms with van der Waals surface area (Å²) in [6, 6.07) is 17.4. The fraction of sp³-hybridized carbons (Fsp3) is 0.238. The van der Waals surface area contributed by atoms with Gasteiger partial charge < -0.3 is 14.5 Å². The van der Waals surface area contributed by atoms with E-state index in [-0.39, 0.29) is 17.7 Å². The molecule has 1 unspecified atom stereocenters. The zero-order valence-electron chi connectivity index (χ0n) is 15.0. The summed E-state index contributed by atoms with van der Waals surface area (Å²) in [4.78, 5) is 27.7. The number of carbonyl (C=O) groups is 1. The van der Waals surface area contributed by atoms with Crippen LogP contribution in [0.3, 0.4) is 0 Å². The van der Waals surface area contributed by atoms with E-state index in [0.29, 0.717) is 5.69 Å². The van der Waals surface area contributed by atoms with E-state index in [1.165, 1.54) is 14.0 Å². The highest BCUT2D eigenvalue weighted by molar-refractivity contribution is 5.87. The van der Waals surface area contributed by atoms with Crippen molar-refractivity contribution in [1.82, 2.24) is 4.98 Å². The number of fused-ring (bicyclic) bond motifs is 1. The first-order chi connectivity index (χ1) is 12.5. The number of esters is 1. The molecule has 0 aliphatic carbocycles. The molecule has 1 N–H and O–H groups in total. The van der Waals surface area contributed by atoms with E-state index in [1.54, 1.807) is 19.1 Å². The lowest BCUT2D eigenvalue weighted by molar-refractivity contribution is -0.168. The molecule has 0 bridgehead atoms. The molecule has 3 rings (SSSR count). The van der Waals surface area contributed by atoms with Crippen molar-refractivity contribution in [2.75, 3.05) is 13.7 Å². The third kappa shape index (κ3) is 3.13. The summed E-state index contributed by atoms with van der Waals surface area (Å²) in [5.41, 5.74) is -0.0589. The number of H-pyrrole nitrogens is 1. The summed E-state index contributed by atoms with van der Waals surface area (Å²) in [6.07, 6.45) is 0. The number of hydrogen-bond donors (Lipinski definition) is 1. The first-order valence-corrected chi connectivity index (χ1v) is 8.45. The van der Waals surface area contributed by atoms with Crippen LogP contribution in [0.25, 0.3) is 22.0 Å². The van der Waals surface area contributed by atoms with Gasteiger partial charge in [-0.3, -0.25) is 4.79 Å². The standard InChI is InChI=1S/C21H21NO4/c1-4-26-20(24)21(2,25-3)17-11-12-18(22-19(17)23)16-10-9-14-7-5-6-8-15(14)13-16/h5-13H,4H2,1-3H3,(H,22,23). The lowest BCUT2D eigenvalue weighted by atomic mass is 9.96. The number of hydrogen-bond acceptors (Lipinski definition) is 4. The predicted octanol–water partition coefficient (Wildman–Crippen LogP) is 3.62. The first-order valence-electron chi connectivity index (χ1n) is 8.45. The molecule has 0 aliphatic heterocycles. The molecule has 0 saturated carbocycles. The largest absolute Gasteiger partial charge is 0.464 e. The van der Waals surface area contributed by atoms with E-state index < -0.39 is 11.6 Å². The Bertz CT molecular complexity index is 1010. The lowest BCUT2D eigenvalue weighted by Gasteiger charge is -2.25. The van der Waals surface area contributed by atoms with Gasteiger partial charge in [-0.1, -0.05) is 36.4 Å². The molecule has 1 atom stereocenters. The van der Waals surface area contributed by atoms with Crippen molar-refractivity contribution in [3.05, 3.63) is 70.5 Å². The Labute approximate surface area is 151 Å². The Balaban J connectivity index is 2.03. The van der Waals surface area contributed by atoms with Gasteiger partial charge >= 0.3 is 5.97 Å². The molecule has 0 amide bonds. The SMILES string of the molecule is CCOC(=O)C(C)(OC)c1ccc(-c2ccc3ccccc3c2)[nH]c1=O. The number of nitrogens with one attached hydrogen (secondary N) is 1. The molecule has 0 spiro atoms. The molecule has 0 fully saturated rings. The number of carbonyl (C=O) groups excluding carboxylic acids is 1. The molecule has 1 aromatic heterocycles. The molecule has 0 aliphatic rings. The van der Waals surface area contributed by atoms with Crippen molar-refractivity contribution in [3.8, 4) is 11.3 Å². The number of methoxy groups -OCH3 is 1. The summed E-state index contributed by atoms with van der Waals surface area (Å²) >= 11 is 0. The van der Waals surface area contributed by atoms with Crippen LogP contribution < -0.4 is 5.56 Å². The van der Waals surface area contributed by atoms with Gasteiger partial charge in [-0.25, -0.2) is 4.79 Å². The smallest absolute Gasteiger partial charge is 0.342 e. The Morgan fingerprint density at radius 3 is 2.46 bits per heavy atom. The van der Waals surface area contributed by atoms with E-state index >= 15 is 0 Å². The molecule has 0 saturated heterocycles. The highest BCUT2D eigenvalue weighted by Gasteiger charge is 2.39. The highest BCUT2D eigenvalue weighted by atomic mass is 16.6. The zero-order valence-corrected chi connectivity index (χ0v) is 15.0. The van der Waals surface area contributed by atoms with Gasteiger partial charge in [0.2, 0.25) is 0 Å². The van der Waals surface area contributed by atoms with E-state index in [1.807, 2.05) is 42.5 Å². The maximum Gasteiger partial charge on any atom is 0.342 e. The van der Waals surface area contributed by atoms with Crippen molar-refractivity contribution >= 4 is 16.7 Å². The van der Waals surface area contributed by atoms with Crippen LogP contribution in [0.5, 0.6) is 0 Å². The predicted molar refractivity (Wildman–Crippen MR) is 101 cm³/mol. The second-order valence-electron chi connectivity index (χ2n) is 6.13. The normalized spacial score (nSPS) is 13.3. The average molecular weight is 351 g/mol. The van der Waals surface area contributed by atoms with Gasteiger partial charge in [0.1, 0.15) is 0 Å². The second-order valence-corrected chi connectivity index (χ2v) is 6.13. The van der Waals surface area contributed by atoms with Crippen molar-refractivity contribution in [2.24, 2.45) is 0 Å². The number of rotatable bonds is 5. The fourth-order valence-corrected chi connectivity index (χ4v) is 2.95. The maximum atomic E-state index is 12.6. The maximum absolute atomic E-state index is 12.6. The van der Waals surface area contributed by atoms with E-state index in [2.05, 4.69) is 4.98 Å². The number of benzene rings is 2. The minimum Gasteiger partial charge on any atom is -0.464 e. The van der Waals surface area contributed by atoms with E-state index in [9.17, 15) is 9.59 Å². The summed E-state index contributed by atoms with van der Waals surface area (Å²) in [7, 11) is 1.38. The molecule has 5 nitrogen and oxygen atoms in total. The quantitative estimate of drug-likeness (QED) is 0.713. The molecule has 26 heavy (non-hydrogen) atoms. The lowest BCUT2D eigenvalue weighted by Crippen LogP contribution is -2.40. The van der Waals surface area contributed by atoms with Crippen molar-refractivity contribution in [2.45, 2.75) is 19.4 Å². The minimum absolute atomic E-state index is 0.211. The van der Waals surface area contributed by atoms with Crippen LogP contribution in [0.15, 0.2) is 59.4 Å². The zero-order chi connectivity index (χ0) is 18.7. The van der Waals surface area contributed by atoms with Crippen LogP contribution in [0.1, 0.15) is 19.4 Å².